The van der Waals surface area contributed by atoms with E-state index in [1.54, 1.807) is 18.2 Å². The van der Waals surface area contributed by atoms with Crippen LogP contribution in [0.25, 0.3) is 0 Å². The van der Waals surface area contributed by atoms with Gasteiger partial charge in [-0.1, -0.05) is 6.07 Å². The third-order valence-corrected chi connectivity index (χ3v) is 2.06. The van der Waals surface area contributed by atoms with E-state index in [2.05, 4.69) is 0 Å². The molecule has 14 heavy (non-hydrogen) atoms. The first-order chi connectivity index (χ1) is 6.69. The maximum Gasteiger partial charge on any atom is 0.119 e. The van der Waals surface area contributed by atoms with Gasteiger partial charge in [0, 0.05) is 0 Å². The third-order valence-electron chi connectivity index (χ3n) is 2.06. The van der Waals surface area contributed by atoms with E-state index < -0.39 is 12.8 Å². The van der Waals surface area contributed by atoms with Gasteiger partial charge in [0.1, 0.15) is 18.5 Å². The highest BCUT2D eigenvalue weighted by Crippen LogP contribution is 2.22. The number of aliphatic hydroxyl groups is 1. The lowest BCUT2D eigenvalue weighted by atomic mass is 10.0. The van der Waals surface area contributed by atoms with E-state index >= 15 is 0 Å². The lowest BCUT2D eigenvalue weighted by Gasteiger charge is -2.11. The molecule has 1 rings (SSSR count). The summed E-state index contributed by atoms with van der Waals surface area (Å²) >= 11 is 0. The molecule has 3 heteroatoms. The van der Waals surface area contributed by atoms with E-state index in [4.69, 9.17) is 4.74 Å². The number of alkyl halides is 1. The molecule has 1 aromatic carbocycles. The first kappa shape index (κ1) is 11.0. The Kier molecular flexibility index (Phi) is 3.89. The summed E-state index contributed by atoms with van der Waals surface area (Å²) in [7, 11) is 0. The molecule has 0 saturated carbocycles. The molecule has 0 fully saturated rings. The van der Waals surface area contributed by atoms with Crippen LogP contribution in [0.3, 0.4) is 0 Å². The van der Waals surface area contributed by atoms with Gasteiger partial charge in [-0.2, -0.15) is 0 Å². The molecular weight excluding hydrogens is 183 g/mol. The fourth-order valence-electron chi connectivity index (χ4n) is 1.36. The Labute approximate surface area is 83.3 Å². The second kappa shape index (κ2) is 4.96. The Bertz CT molecular complexity index is 299. The second-order valence-corrected chi connectivity index (χ2v) is 3.12. The molecule has 0 bridgehead atoms. The van der Waals surface area contributed by atoms with E-state index in [0.29, 0.717) is 12.2 Å². The van der Waals surface area contributed by atoms with Crippen LogP contribution < -0.4 is 4.74 Å². The fraction of sp³-hybridized carbons (Fsp3) is 0.455. The molecule has 1 unspecified atom stereocenters. The van der Waals surface area contributed by atoms with Crippen LogP contribution in [0.5, 0.6) is 5.75 Å². The van der Waals surface area contributed by atoms with Gasteiger partial charge in [-0.05, 0) is 37.1 Å². The molecule has 0 aliphatic rings. The maximum atomic E-state index is 12.2. The largest absolute Gasteiger partial charge is 0.494 e. The van der Waals surface area contributed by atoms with E-state index in [0.717, 1.165) is 11.3 Å². The fourth-order valence-corrected chi connectivity index (χ4v) is 1.36. The minimum Gasteiger partial charge on any atom is -0.494 e. The number of hydrogen-bond acceptors (Lipinski definition) is 2. The van der Waals surface area contributed by atoms with Gasteiger partial charge in [-0.3, -0.25) is 0 Å². The first-order valence-corrected chi connectivity index (χ1v) is 4.66. The number of aryl methyl sites for hydroxylation is 1. The molecule has 0 radical (unpaired) electrons. The van der Waals surface area contributed by atoms with Gasteiger partial charge in [0.2, 0.25) is 0 Å². The molecule has 0 aliphatic heterocycles. The lowest BCUT2D eigenvalue weighted by Crippen LogP contribution is -2.02. The van der Waals surface area contributed by atoms with Crippen molar-refractivity contribution in [2.45, 2.75) is 20.0 Å². The molecule has 1 atom stereocenters. The monoisotopic (exact) mass is 198 g/mol. The van der Waals surface area contributed by atoms with Gasteiger partial charge in [-0.15, -0.1) is 0 Å². The van der Waals surface area contributed by atoms with Crippen LogP contribution in [0.2, 0.25) is 0 Å². The first-order valence-electron chi connectivity index (χ1n) is 4.66. The van der Waals surface area contributed by atoms with Crippen LogP contribution in [0.1, 0.15) is 24.2 Å². The molecule has 2 nitrogen and oxygen atoms in total. The highest BCUT2D eigenvalue weighted by molar-refractivity contribution is 5.36. The summed E-state index contributed by atoms with van der Waals surface area (Å²) in [5.74, 6) is 0.750. The molecular formula is C11H15FO2. The van der Waals surface area contributed by atoms with Gasteiger partial charge in [0.15, 0.2) is 0 Å². The molecule has 0 aliphatic carbocycles. The lowest BCUT2D eigenvalue weighted by molar-refractivity contribution is 0.141. The standard InChI is InChI=1S/C11H15FO2/c1-3-14-9-4-5-10(8(2)6-9)11(13)7-12/h4-6,11,13H,3,7H2,1-2H3. The number of aliphatic hydroxyl groups excluding tert-OH is 1. The normalized spacial score (nSPS) is 12.6. The van der Waals surface area contributed by atoms with Gasteiger partial charge in [-0.25, -0.2) is 4.39 Å². The summed E-state index contributed by atoms with van der Waals surface area (Å²) in [6.45, 7) is 3.58. The minimum atomic E-state index is -1.02. The van der Waals surface area contributed by atoms with Gasteiger partial charge in [0.05, 0.1) is 6.61 Å². The zero-order chi connectivity index (χ0) is 10.6. The Morgan fingerprint density at radius 1 is 1.50 bits per heavy atom. The Morgan fingerprint density at radius 3 is 2.71 bits per heavy atom. The van der Waals surface area contributed by atoms with Crippen molar-refractivity contribution in [1.82, 2.24) is 0 Å². The van der Waals surface area contributed by atoms with Crippen LogP contribution in [-0.4, -0.2) is 18.4 Å². The van der Waals surface area contributed by atoms with E-state index in [1.807, 2.05) is 13.8 Å². The number of ether oxygens (including phenoxy) is 1. The van der Waals surface area contributed by atoms with Crippen molar-refractivity contribution in [2.24, 2.45) is 0 Å². The third kappa shape index (κ3) is 2.45. The predicted molar refractivity (Wildman–Crippen MR) is 53.3 cm³/mol. The molecule has 0 aromatic heterocycles. The van der Waals surface area contributed by atoms with Crippen LogP contribution in [-0.2, 0) is 0 Å². The molecule has 0 spiro atoms. The molecule has 78 valence electrons. The average molecular weight is 198 g/mol. The van der Waals surface area contributed by atoms with Crippen molar-refractivity contribution in [3.63, 3.8) is 0 Å². The van der Waals surface area contributed by atoms with Crippen molar-refractivity contribution < 1.29 is 14.2 Å². The van der Waals surface area contributed by atoms with Gasteiger partial charge >= 0.3 is 0 Å². The molecule has 0 heterocycles. The number of benzene rings is 1. The zero-order valence-corrected chi connectivity index (χ0v) is 8.46. The topological polar surface area (TPSA) is 29.5 Å². The number of halogens is 1. The summed E-state index contributed by atoms with van der Waals surface area (Å²) in [4.78, 5) is 0. The molecule has 0 amide bonds. The number of rotatable bonds is 4. The van der Waals surface area contributed by atoms with E-state index in [1.165, 1.54) is 0 Å². The quantitative estimate of drug-likeness (QED) is 0.805. The van der Waals surface area contributed by atoms with Crippen LogP contribution >= 0.6 is 0 Å². The Hall–Kier alpha value is -1.09. The van der Waals surface area contributed by atoms with Gasteiger partial charge in [0.25, 0.3) is 0 Å². The summed E-state index contributed by atoms with van der Waals surface area (Å²) < 4.78 is 17.5. The van der Waals surface area contributed by atoms with Crippen molar-refractivity contribution in [2.75, 3.05) is 13.3 Å². The highest BCUT2D eigenvalue weighted by atomic mass is 19.1. The van der Waals surface area contributed by atoms with E-state index in [-0.39, 0.29) is 0 Å². The smallest absolute Gasteiger partial charge is 0.119 e. The predicted octanol–water partition coefficient (Wildman–Crippen LogP) is 2.40. The second-order valence-electron chi connectivity index (χ2n) is 3.12. The summed E-state index contributed by atoms with van der Waals surface area (Å²) in [6.07, 6.45) is -1.02. The van der Waals surface area contributed by atoms with Gasteiger partial charge < -0.3 is 9.84 Å². The van der Waals surface area contributed by atoms with Crippen LogP contribution in [0.4, 0.5) is 4.39 Å². The summed E-state index contributed by atoms with van der Waals surface area (Å²) in [5.41, 5.74) is 1.47. The maximum absolute atomic E-state index is 12.2. The Morgan fingerprint density at radius 2 is 2.21 bits per heavy atom. The Balaban J connectivity index is 2.89. The zero-order valence-electron chi connectivity index (χ0n) is 8.46. The summed E-state index contributed by atoms with van der Waals surface area (Å²) in [5, 5.41) is 9.32. The highest BCUT2D eigenvalue weighted by Gasteiger charge is 2.10. The van der Waals surface area contributed by atoms with Crippen molar-refractivity contribution in [1.29, 1.82) is 0 Å². The van der Waals surface area contributed by atoms with Crippen LogP contribution in [0, 0.1) is 6.92 Å². The molecule has 1 N–H and O–H groups in total. The molecule has 0 saturated heterocycles. The minimum absolute atomic E-state index is 0.602. The van der Waals surface area contributed by atoms with Crippen molar-refractivity contribution in [3.8, 4) is 5.75 Å². The summed E-state index contributed by atoms with van der Waals surface area (Å²) in [6, 6.07) is 5.24. The van der Waals surface area contributed by atoms with E-state index in [9.17, 15) is 9.50 Å². The number of hydrogen-bond donors (Lipinski definition) is 1. The van der Waals surface area contributed by atoms with Crippen LogP contribution in [0.15, 0.2) is 18.2 Å². The SMILES string of the molecule is CCOc1ccc(C(O)CF)c(C)c1. The molecule has 1 aromatic rings. The van der Waals surface area contributed by atoms with Crippen molar-refractivity contribution >= 4 is 0 Å². The van der Waals surface area contributed by atoms with Crippen molar-refractivity contribution in [3.05, 3.63) is 29.3 Å². The average Bonchev–Trinajstić information content (AvgIpc) is 2.17.